The molecule has 2 aromatic carbocycles. The molecule has 1 heterocycles. The first kappa shape index (κ1) is 22.0. The summed E-state index contributed by atoms with van der Waals surface area (Å²) in [6, 6.07) is 7.54. The summed E-state index contributed by atoms with van der Waals surface area (Å²) in [6.07, 6.45) is -4.53. The van der Waals surface area contributed by atoms with Crippen LogP contribution in [0.4, 0.5) is 18.9 Å². The Labute approximate surface area is 170 Å². The van der Waals surface area contributed by atoms with Crippen LogP contribution in [0, 0.1) is 10.1 Å². The first-order valence-corrected chi connectivity index (χ1v) is 10.2. The molecule has 1 saturated heterocycles. The van der Waals surface area contributed by atoms with E-state index < -0.39 is 32.4 Å². The summed E-state index contributed by atoms with van der Waals surface area (Å²) in [5, 5.41) is 11.4. The maximum atomic E-state index is 12.8. The van der Waals surface area contributed by atoms with Gasteiger partial charge in [-0.15, -0.1) is 0 Å². The van der Waals surface area contributed by atoms with Crippen molar-refractivity contribution >= 4 is 15.7 Å². The van der Waals surface area contributed by atoms with E-state index in [1.165, 1.54) is 22.5 Å². The lowest BCUT2D eigenvalue weighted by atomic mass is 10.1. The number of alkyl halides is 3. The van der Waals surface area contributed by atoms with Crippen LogP contribution < -0.4 is 4.74 Å². The second kappa shape index (κ2) is 8.58. The van der Waals surface area contributed by atoms with E-state index in [0.717, 1.165) is 24.3 Å². The van der Waals surface area contributed by atoms with E-state index in [9.17, 15) is 31.7 Å². The van der Waals surface area contributed by atoms with E-state index in [0.29, 0.717) is 0 Å². The summed E-state index contributed by atoms with van der Waals surface area (Å²) in [5.74, 6) is -0.252. The average Bonchev–Trinajstić information content (AvgIpc) is 2.72. The van der Waals surface area contributed by atoms with Crippen LogP contribution in [0.5, 0.6) is 5.75 Å². The molecule has 0 aliphatic carbocycles. The van der Waals surface area contributed by atoms with E-state index in [1.54, 1.807) is 0 Å². The number of sulfonamides is 1. The number of hydrogen-bond donors (Lipinski definition) is 0. The van der Waals surface area contributed by atoms with Crippen LogP contribution >= 0.6 is 0 Å². The van der Waals surface area contributed by atoms with Gasteiger partial charge in [-0.25, -0.2) is 8.42 Å². The molecule has 1 fully saturated rings. The third-order valence-electron chi connectivity index (χ3n) is 4.38. The predicted octanol–water partition coefficient (Wildman–Crippen LogP) is 3.21. The van der Waals surface area contributed by atoms with Crippen LogP contribution in [0.1, 0.15) is 11.1 Å². The van der Waals surface area contributed by atoms with E-state index in [4.69, 9.17) is 9.47 Å². The zero-order valence-corrected chi connectivity index (χ0v) is 16.3. The van der Waals surface area contributed by atoms with E-state index in [2.05, 4.69) is 0 Å². The lowest BCUT2D eigenvalue weighted by molar-refractivity contribution is -0.386. The molecule has 12 heteroatoms. The number of nitro groups is 1. The van der Waals surface area contributed by atoms with Gasteiger partial charge in [0.25, 0.3) is 0 Å². The number of hydrogen-bond acceptors (Lipinski definition) is 6. The Balaban J connectivity index is 1.83. The summed E-state index contributed by atoms with van der Waals surface area (Å²) >= 11 is 0. The largest absolute Gasteiger partial charge is 0.482 e. The molecule has 0 radical (unpaired) electrons. The fourth-order valence-corrected chi connectivity index (χ4v) is 4.29. The summed E-state index contributed by atoms with van der Waals surface area (Å²) in [4.78, 5) is 10.3. The minimum Gasteiger partial charge on any atom is -0.482 e. The minimum atomic E-state index is -4.53. The van der Waals surface area contributed by atoms with Gasteiger partial charge >= 0.3 is 11.9 Å². The highest BCUT2D eigenvalue weighted by Gasteiger charge is 2.31. The van der Waals surface area contributed by atoms with Gasteiger partial charge < -0.3 is 9.47 Å². The molecule has 3 rings (SSSR count). The maximum Gasteiger partial charge on any atom is 0.416 e. The predicted molar refractivity (Wildman–Crippen MR) is 98.5 cm³/mol. The Morgan fingerprint density at radius 2 is 1.83 bits per heavy atom. The van der Waals surface area contributed by atoms with Crippen molar-refractivity contribution in [3.63, 3.8) is 0 Å². The molecule has 0 unspecified atom stereocenters. The van der Waals surface area contributed by atoms with Gasteiger partial charge in [-0.05, 0) is 29.8 Å². The number of rotatable bonds is 6. The lowest BCUT2D eigenvalue weighted by Gasteiger charge is -2.26. The molecule has 0 bridgehead atoms. The highest BCUT2D eigenvalue weighted by molar-refractivity contribution is 7.89. The molecule has 0 spiro atoms. The summed E-state index contributed by atoms with van der Waals surface area (Å²) in [7, 11) is -3.96. The number of benzene rings is 2. The number of morpholine rings is 1. The molecule has 162 valence electrons. The highest BCUT2D eigenvalue weighted by atomic mass is 32.2. The smallest absolute Gasteiger partial charge is 0.416 e. The summed E-state index contributed by atoms with van der Waals surface area (Å²) < 4.78 is 75.4. The van der Waals surface area contributed by atoms with Gasteiger partial charge in [-0.2, -0.15) is 17.5 Å². The van der Waals surface area contributed by atoms with E-state index in [1.807, 2.05) is 0 Å². The number of halogens is 3. The molecule has 2 aromatic rings. The standard InChI is InChI=1S/C18H17F3N2O6S/c19-18(20,21)14-3-1-2-13(10-14)12-29-17-5-4-15(11-16(17)23(24)25)30(26,27)22-6-8-28-9-7-22/h1-5,10-11H,6-9,12H2. The van der Waals surface area contributed by atoms with Crippen molar-refractivity contribution in [2.75, 3.05) is 26.3 Å². The van der Waals surface area contributed by atoms with Gasteiger partial charge in [0.15, 0.2) is 5.75 Å². The topological polar surface area (TPSA) is 99.0 Å². The Morgan fingerprint density at radius 1 is 1.13 bits per heavy atom. The summed E-state index contributed by atoms with van der Waals surface area (Å²) in [6.45, 7) is 0.340. The Morgan fingerprint density at radius 3 is 2.47 bits per heavy atom. The van der Waals surface area contributed by atoms with Crippen molar-refractivity contribution < 1.29 is 36.0 Å². The molecule has 0 amide bonds. The minimum absolute atomic E-state index is 0.129. The number of nitrogens with zero attached hydrogens (tertiary/aromatic N) is 2. The molecule has 1 aliphatic rings. The normalized spacial score (nSPS) is 15.7. The van der Waals surface area contributed by atoms with Gasteiger partial charge in [0.05, 0.1) is 28.6 Å². The van der Waals surface area contributed by atoms with Gasteiger partial charge in [-0.1, -0.05) is 12.1 Å². The molecule has 0 saturated carbocycles. The molecule has 0 atom stereocenters. The fraction of sp³-hybridized carbons (Fsp3) is 0.333. The number of ether oxygens (including phenoxy) is 2. The maximum absolute atomic E-state index is 12.8. The Hall–Kier alpha value is -2.70. The van der Waals surface area contributed by atoms with Gasteiger partial charge in [0.1, 0.15) is 6.61 Å². The van der Waals surface area contributed by atoms with Crippen molar-refractivity contribution in [3.05, 3.63) is 63.7 Å². The third-order valence-corrected chi connectivity index (χ3v) is 6.28. The summed E-state index contributed by atoms with van der Waals surface area (Å²) in [5.41, 5.74) is -1.31. The van der Waals surface area contributed by atoms with Gasteiger partial charge in [-0.3, -0.25) is 10.1 Å². The van der Waals surface area contributed by atoms with Crippen molar-refractivity contribution in [1.82, 2.24) is 4.31 Å². The second-order valence-corrected chi connectivity index (χ2v) is 8.33. The monoisotopic (exact) mass is 446 g/mol. The second-order valence-electron chi connectivity index (χ2n) is 6.39. The zero-order valence-electron chi connectivity index (χ0n) is 15.5. The Bertz CT molecular complexity index is 1040. The van der Waals surface area contributed by atoms with Crippen LogP contribution in [0.25, 0.3) is 0 Å². The third kappa shape index (κ3) is 4.89. The molecular weight excluding hydrogens is 429 g/mol. The van der Waals surface area contributed by atoms with Crippen LogP contribution in [-0.2, 0) is 27.5 Å². The number of nitro benzene ring substituents is 1. The van der Waals surface area contributed by atoms with Crippen molar-refractivity contribution in [1.29, 1.82) is 0 Å². The first-order chi connectivity index (χ1) is 14.1. The van der Waals surface area contributed by atoms with E-state index >= 15 is 0 Å². The van der Waals surface area contributed by atoms with Gasteiger partial charge in [0, 0.05) is 19.2 Å². The quantitative estimate of drug-likeness (QED) is 0.499. The molecule has 0 aromatic heterocycles. The average molecular weight is 446 g/mol. The molecular formula is C18H17F3N2O6S. The fourth-order valence-electron chi connectivity index (χ4n) is 2.86. The van der Waals surface area contributed by atoms with Crippen molar-refractivity contribution in [2.24, 2.45) is 0 Å². The van der Waals surface area contributed by atoms with Crippen LogP contribution in [0.2, 0.25) is 0 Å². The molecule has 30 heavy (non-hydrogen) atoms. The van der Waals surface area contributed by atoms with Gasteiger partial charge in [0.2, 0.25) is 10.0 Å². The Kier molecular flexibility index (Phi) is 6.29. The highest BCUT2D eigenvalue weighted by Crippen LogP contribution is 2.33. The molecule has 0 N–H and O–H groups in total. The molecule has 8 nitrogen and oxygen atoms in total. The lowest BCUT2D eigenvalue weighted by Crippen LogP contribution is -2.40. The van der Waals surface area contributed by atoms with Crippen molar-refractivity contribution in [2.45, 2.75) is 17.7 Å². The van der Waals surface area contributed by atoms with Crippen molar-refractivity contribution in [3.8, 4) is 5.75 Å². The van der Waals surface area contributed by atoms with Crippen LogP contribution in [0.3, 0.4) is 0 Å². The SMILES string of the molecule is O=[N+]([O-])c1cc(S(=O)(=O)N2CCOCC2)ccc1OCc1cccc(C(F)(F)F)c1. The van der Waals surface area contributed by atoms with Crippen LogP contribution in [-0.4, -0.2) is 43.9 Å². The van der Waals surface area contributed by atoms with Crippen LogP contribution in [0.15, 0.2) is 47.4 Å². The zero-order chi connectivity index (χ0) is 21.9. The van der Waals surface area contributed by atoms with E-state index in [-0.39, 0.29) is 49.1 Å². The molecule has 1 aliphatic heterocycles. The first-order valence-electron chi connectivity index (χ1n) is 8.74.